The highest BCUT2D eigenvalue weighted by atomic mass is 79.9. The molecule has 0 unspecified atom stereocenters. The number of pyridine rings is 1. The van der Waals surface area contributed by atoms with Gasteiger partial charge >= 0.3 is 0 Å². The molecule has 0 N–H and O–H groups in total. The maximum absolute atomic E-state index is 12.7. The number of hydrogen-bond acceptors (Lipinski definition) is 3. The molecule has 0 radical (unpaired) electrons. The summed E-state index contributed by atoms with van der Waals surface area (Å²) >= 11 is 9.33. The molecule has 0 aliphatic carbocycles. The van der Waals surface area contributed by atoms with Gasteiger partial charge in [-0.1, -0.05) is 27.5 Å². The smallest absolute Gasteiger partial charge is 0.267 e. The number of aromatic nitrogens is 1. The molecule has 23 heavy (non-hydrogen) atoms. The second kappa shape index (κ2) is 6.68. The van der Waals surface area contributed by atoms with E-state index in [1.54, 1.807) is 36.4 Å². The first-order valence-corrected chi connectivity index (χ1v) is 8.25. The molecule has 2 aromatic rings. The largest absolute Gasteiger partial charge is 0.275 e. The Labute approximate surface area is 147 Å². The van der Waals surface area contributed by atoms with Gasteiger partial charge in [0.05, 0.1) is 5.56 Å². The number of hydrazine groups is 1. The van der Waals surface area contributed by atoms with Crippen LogP contribution >= 0.6 is 27.5 Å². The van der Waals surface area contributed by atoms with Gasteiger partial charge in [0.15, 0.2) is 0 Å². The third kappa shape index (κ3) is 3.23. The molecule has 0 atom stereocenters. The zero-order chi connectivity index (χ0) is 16.4. The lowest BCUT2D eigenvalue weighted by Gasteiger charge is -2.28. The fourth-order valence-electron chi connectivity index (χ4n) is 2.46. The minimum atomic E-state index is -0.314. The van der Waals surface area contributed by atoms with Crippen molar-refractivity contribution in [3.05, 3.63) is 63.3 Å². The standard InChI is InChI=1S/C16H13BrClN3O2/c17-12-6-4-11(5-7-12)15(22)20-9-2-10-21(20)16(23)13-3-1-8-19-14(13)18/h1,3-8H,2,9-10H2. The van der Waals surface area contributed by atoms with E-state index in [1.807, 2.05) is 0 Å². The van der Waals surface area contributed by atoms with E-state index < -0.39 is 0 Å². The van der Waals surface area contributed by atoms with Crippen LogP contribution in [0.15, 0.2) is 47.1 Å². The first-order valence-electron chi connectivity index (χ1n) is 7.07. The fourth-order valence-corrected chi connectivity index (χ4v) is 2.92. The average Bonchev–Trinajstić information content (AvgIpc) is 3.04. The molecule has 1 aliphatic heterocycles. The van der Waals surface area contributed by atoms with E-state index in [0.717, 1.165) is 10.9 Å². The summed E-state index contributed by atoms with van der Waals surface area (Å²) in [6, 6.07) is 10.3. The Balaban J connectivity index is 1.85. The summed E-state index contributed by atoms with van der Waals surface area (Å²) in [7, 11) is 0. The summed E-state index contributed by atoms with van der Waals surface area (Å²) < 4.78 is 0.894. The molecule has 0 spiro atoms. The van der Waals surface area contributed by atoms with Crippen LogP contribution in [0.2, 0.25) is 5.15 Å². The zero-order valence-electron chi connectivity index (χ0n) is 12.1. The highest BCUT2D eigenvalue weighted by Gasteiger charge is 2.32. The molecule has 7 heteroatoms. The Kier molecular flexibility index (Phi) is 4.63. The Hall–Kier alpha value is -1.92. The summed E-state index contributed by atoms with van der Waals surface area (Å²) in [5.74, 6) is -0.519. The number of rotatable bonds is 2. The molecule has 1 fully saturated rings. The van der Waals surface area contributed by atoms with Gasteiger partial charge in [0.25, 0.3) is 11.8 Å². The van der Waals surface area contributed by atoms with Crippen molar-refractivity contribution in [1.29, 1.82) is 0 Å². The maximum atomic E-state index is 12.7. The number of benzene rings is 1. The molecule has 5 nitrogen and oxygen atoms in total. The van der Waals surface area contributed by atoms with Crippen molar-refractivity contribution in [1.82, 2.24) is 15.0 Å². The van der Waals surface area contributed by atoms with Crippen molar-refractivity contribution >= 4 is 39.3 Å². The normalized spacial score (nSPS) is 14.2. The van der Waals surface area contributed by atoms with E-state index in [-0.39, 0.29) is 17.0 Å². The predicted molar refractivity (Wildman–Crippen MR) is 90.1 cm³/mol. The van der Waals surface area contributed by atoms with Crippen molar-refractivity contribution in [2.75, 3.05) is 13.1 Å². The van der Waals surface area contributed by atoms with Crippen LogP contribution in [0.3, 0.4) is 0 Å². The molecule has 118 valence electrons. The molecular weight excluding hydrogens is 382 g/mol. The van der Waals surface area contributed by atoms with Gasteiger partial charge in [-0.05, 0) is 42.8 Å². The van der Waals surface area contributed by atoms with Gasteiger partial charge in [-0.15, -0.1) is 0 Å². The summed E-state index contributed by atoms with van der Waals surface area (Å²) in [4.78, 5) is 29.2. The predicted octanol–water partition coefficient (Wildman–Crippen LogP) is 3.40. The highest BCUT2D eigenvalue weighted by Crippen LogP contribution is 2.21. The quantitative estimate of drug-likeness (QED) is 0.734. The van der Waals surface area contributed by atoms with Crippen LogP contribution in [0.5, 0.6) is 0 Å². The van der Waals surface area contributed by atoms with E-state index in [0.29, 0.717) is 24.2 Å². The lowest BCUT2D eigenvalue weighted by molar-refractivity contribution is 0.0186. The number of halogens is 2. The Morgan fingerprint density at radius 3 is 2.35 bits per heavy atom. The summed E-state index contributed by atoms with van der Waals surface area (Å²) in [6.07, 6.45) is 2.25. The molecule has 0 bridgehead atoms. The first kappa shape index (κ1) is 16.0. The third-order valence-corrected chi connectivity index (χ3v) is 4.41. The van der Waals surface area contributed by atoms with Crippen molar-refractivity contribution < 1.29 is 9.59 Å². The van der Waals surface area contributed by atoms with E-state index in [1.165, 1.54) is 16.2 Å². The second-order valence-corrected chi connectivity index (χ2v) is 6.33. The second-order valence-electron chi connectivity index (χ2n) is 5.06. The molecule has 1 aromatic carbocycles. The number of carbonyl (C=O) groups is 2. The minimum Gasteiger partial charge on any atom is -0.267 e. The van der Waals surface area contributed by atoms with Crippen LogP contribution < -0.4 is 0 Å². The molecule has 3 rings (SSSR count). The number of amides is 2. The van der Waals surface area contributed by atoms with Crippen LogP contribution in [0.1, 0.15) is 27.1 Å². The topological polar surface area (TPSA) is 53.5 Å². The summed E-state index contributed by atoms with van der Waals surface area (Å²) in [5, 5.41) is 3.04. The van der Waals surface area contributed by atoms with Crippen LogP contribution in [-0.2, 0) is 0 Å². The average molecular weight is 395 g/mol. The zero-order valence-corrected chi connectivity index (χ0v) is 14.4. The Bertz CT molecular complexity index is 751. The van der Waals surface area contributed by atoms with Crippen molar-refractivity contribution in [2.45, 2.75) is 6.42 Å². The summed E-state index contributed by atoms with van der Waals surface area (Å²) in [6.45, 7) is 0.977. The van der Waals surface area contributed by atoms with Gasteiger partial charge in [0.2, 0.25) is 0 Å². The van der Waals surface area contributed by atoms with Crippen molar-refractivity contribution in [2.24, 2.45) is 0 Å². The Morgan fingerprint density at radius 2 is 1.70 bits per heavy atom. The highest BCUT2D eigenvalue weighted by molar-refractivity contribution is 9.10. The SMILES string of the molecule is O=C(c1ccc(Br)cc1)N1CCCN1C(=O)c1cccnc1Cl. The van der Waals surface area contributed by atoms with Crippen LogP contribution in [0.4, 0.5) is 0 Å². The molecule has 0 saturated carbocycles. The monoisotopic (exact) mass is 393 g/mol. The molecule has 1 saturated heterocycles. The number of nitrogens with zero attached hydrogens (tertiary/aromatic N) is 3. The molecule has 2 amide bonds. The minimum absolute atomic E-state index is 0.139. The van der Waals surface area contributed by atoms with Crippen molar-refractivity contribution in [3.63, 3.8) is 0 Å². The molecule has 1 aromatic heterocycles. The molecule has 2 heterocycles. The van der Waals surface area contributed by atoms with Gasteiger partial charge in [-0.3, -0.25) is 9.59 Å². The Morgan fingerprint density at radius 1 is 1.04 bits per heavy atom. The van der Waals surface area contributed by atoms with Crippen molar-refractivity contribution in [3.8, 4) is 0 Å². The lowest BCUT2D eigenvalue weighted by Crippen LogP contribution is -2.45. The van der Waals surface area contributed by atoms with Gasteiger partial charge in [0, 0.05) is 29.3 Å². The van der Waals surface area contributed by atoms with Gasteiger partial charge in [-0.25, -0.2) is 15.0 Å². The maximum Gasteiger partial charge on any atom is 0.275 e. The van der Waals surface area contributed by atoms with Crippen LogP contribution in [0.25, 0.3) is 0 Å². The van der Waals surface area contributed by atoms with E-state index in [9.17, 15) is 9.59 Å². The third-order valence-electron chi connectivity index (χ3n) is 3.58. The van der Waals surface area contributed by atoms with Crippen LogP contribution in [0, 0.1) is 0 Å². The van der Waals surface area contributed by atoms with Crippen LogP contribution in [-0.4, -0.2) is 39.9 Å². The van der Waals surface area contributed by atoms with Gasteiger partial charge in [-0.2, -0.15) is 0 Å². The summed E-state index contributed by atoms with van der Waals surface area (Å²) in [5.41, 5.74) is 0.829. The van der Waals surface area contributed by atoms with Gasteiger partial charge < -0.3 is 0 Å². The van der Waals surface area contributed by atoms with Gasteiger partial charge in [0.1, 0.15) is 5.15 Å². The van der Waals surface area contributed by atoms with E-state index in [4.69, 9.17) is 11.6 Å². The fraction of sp³-hybridized carbons (Fsp3) is 0.188. The molecule has 1 aliphatic rings. The molecular formula is C16H13BrClN3O2. The van der Waals surface area contributed by atoms with E-state index >= 15 is 0 Å². The lowest BCUT2D eigenvalue weighted by atomic mass is 10.2. The first-order chi connectivity index (χ1) is 11.1. The number of carbonyl (C=O) groups excluding carboxylic acids is 2. The number of hydrogen-bond donors (Lipinski definition) is 0. The van der Waals surface area contributed by atoms with E-state index in [2.05, 4.69) is 20.9 Å².